The first kappa shape index (κ1) is 14.4. The van der Waals surface area contributed by atoms with E-state index >= 15 is 0 Å². The highest BCUT2D eigenvalue weighted by atomic mass is 32.2. The van der Waals surface area contributed by atoms with Crippen LogP contribution >= 0.6 is 11.3 Å². The number of carboxylic acid groups (broad SMARTS) is 1. The van der Waals surface area contributed by atoms with Crippen molar-refractivity contribution in [1.82, 2.24) is 9.29 Å². The Morgan fingerprint density at radius 2 is 2.32 bits per heavy atom. The lowest BCUT2D eigenvalue weighted by Crippen LogP contribution is -2.51. The molecule has 1 aromatic rings. The lowest BCUT2D eigenvalue weighted by molar-refractivity contribution is -0.146. The quantitative estimate of drug-likeness (QED) is 0.903. The maximum Gasteiger partial charge on any atom is 0.324 e. The van der Waals surface area contributed by atoms with Crippen LogP contribution < -0.4 is 0 Å². The molecule has 1 unspecified atom stereocenters. The Kier molecular flexibility index (Phi) is 3.67. The van der Waals surface area contributed by atoms with E-state index in [4.69, 9.17) is 0 Å². The second-order valence-electron chi connectivity index (χ2n) is 4.87. The molecule has 1 atom stereocenters. The monoisotopic (exact) mass is 304 g/mol. The van der Waals surface area contributed by atoms with E-state index in [1.54, 1.807) is 12.3 Å². The van der Waals surface area contributed by atoms with Gasteiger partial charge in [-0.25, -0.2) is 13.4 Å². The normalized spacial score (nSPS) is 24.7. The van der Waals surface area contributed by atoms with E-state index in [0.29, 0.717) is 18.5 Å². The van der Waals surface area contributed by atoms with Crippen LogP contribution in [0.25, 0.3) is 0 Å². The summed E-state index contributed by atoms with van der Waals surface area (Å²) in [5.74, 6) is -1.33. The van der Waals surface area contributed by atoms with Gasteiger partial charge in [0, 0.05) is 11.9 Å². The van der Waals surface area contributed by atoms with Crippen LogP contribution in [-0.4, -0.2) is 40.9 Å². The topological polar surface area (TPSA) is 87.6 Å². The summed E-state index contributed by atoms with van der Waals surface area (Å²) in [6.07, 6.45) is 0.912. The van der Waals surface area contributed by atoms with Crippen LogP contribution in [-0.2, 0) is 20.6 Å². The van der Waals surface area contributed by atoms with Crippen molar-refractivity contribution in [2.75, 3.05) is 6.54 Å². The molecule has 0 aromatic carbocycles. The van der Waals surface area contributed by atoms with Crippen LogP contribution in [0.15, 0.2) is 5.38 Å². The first-order valence-electron chi connectivity index (χ1n) is 5.90. The molecule has 1 aliphatic heterocycles. The molecule has 19 heavy (non-hydrogen) atoms. The van der Waals surface area contributed by atoms with Gasteiger partial charge in [0.1, 0.15) is 11.3 Å². The summed E-state index contributed by atoms with van der Waals surface area (Å²) in [5.41, 5.74) is -0.855. The number of rotatable bonds is 4. The third kappa shape index (κ3) is 2.65. The molecule has 1 N–H and O–H groups in total. The van der Waals surface area contributed by atoms with Crippen LogP contribution in [0.2, 0.25) is 0 Å². The summed E-state index contributed by atoms with van der Waals surface area (Å²) in [6.45, 7) is 3.53. The van der Waals surface area contributed by atoms with Gasteiger partial charge < -0.3 is 5.11 Å². The molecular formula is C11H16N2O4S2. The van der Waals surface area contributed by atoms with Crippen LogP contribution in [0.5, 0.6) is 0 Å². The minimum Gasteiger partial charge on any atom is -0.480 e. The lowest BCUT2D eigenvalue weighted by Gasteiger charge is -2.29. The summed E-state index contributed by atoms with van der Waals surface area (Å²) < 4.78 is 25.8. The predicted octanol–water partition coefficient (Wildman–Crippen LogP) is 1.22. The number of aryl methyl sites for hydroxylation is 1. The van der Waals surface area contributed by atoms with Gasteiger partial charge in [0.05, 0.1) is 10.7 Å². The van der Waals surface area contributed by atoms with Gasteiger partial charge in [-0.2, -0.15) is 4.31 Å². The molecule has 6 nitrogen and oxygen atoms in total. The molecule has 0 bridgehead atoms. The van der Waals surface area contributed by atoms with Crippen molar-refractivity contribution in [2.24, 2.45) is 0 Å². The standard InChI is InChI=1S/C11H16N2O4S2/c1-8-12-9(6-18-8)7-19(16,17)13-5-3-4-11(13,2)10(14)15/h6H,3-5,7H2,1-2H3,(H,14,15). The minimum absolute atomic E-state index is 0.236. The maximum absolute atomic E-state index is 12.4. The zero-order valence-electron chi connectivity index (χ0n) is 10.8. The number of sulfonamides is 1. The molecule has 8 heteroatoms. The Balaban J connectivity index is 2.27. The number of aliphatic carboxylic acids is 1. The molecule has 0 saturated carbocycles. The number of thiazole rings is 1. The molecule has 106 valence electrons. The average molecular weight is 304 g/mol. The van der Waals surface area contributed by atoms with Crippen molar-refractivity contribution in [3.05, 3.63) is 16.1 Å². The number of aromatic nitrogens is 1. The molecule has 1 aliphatic rings. The third-order valence-corrected chi connectivity index (χ3v) is 6.11. The van der Waals surface area contributed by atoms with Crippen LogP contribution in [0, 0.1) is 6.92 Å². The molecular weight excluding hydrogens is 288 g/mol. The van der Waals surface area contributed by atoms with Crippen molar-refractivity contribution < 1.29 is 18.3 Å². The van der Waals surface area contributed by atoms with Gasteiger partial charge in [-0.05, 0) is 26.7 Å². The second kappa shape index (κ2) is 4.84. The highest BCUT2D eigenvalue weighted by molar-refractivity contribution is 7.88. The maximum atomic E-state index is 12.4. The van der Waals surface area contributed by atoms with Crippen LogP contribution in [0.1, 0.15) is 30.5 Å². The Hall–Kier alpha value is -0.990. The van der Waals surface area contributed by atoms with Gasteiger partial charge in [-0.3, -0.25) is 4.79 Å². The summed E-state index contributed by atoms with van der Waals surface area (Å²) >= 11 is 1.38. The van der Waals surface area contributed by atoms with E-state index in [-0.39, 0.29) is 12.3 Å². The molecule has 0 aliphatic carbocycles. The molecule has 1 aromatic heterocycles. The Morgan fingerprint density at radius 1 is 1.63 bits per heavy atom. The van der Waals surface area contributed by atoms with Crippen LogP contribution in [0.3, 0.4) is 0 Å². The predicted molar refractivity (Wildman–Crippen MR) is 71.5 cm³/mol. The molecule has 0 amide bonds. The Bertz CT molecular complexity index is 596. The van der Waals surface area contributed by atoms with E-state index < -0.39 is 21.5 Å². The number of carboxylic acids is 1. The van der Waals surface area contributed by atoms with Gasteiger partial charge >= 0.3 is 5.97 Å². The smallest absolute Gasteiger partial charge is 0.324 e. The highest BCUT2D eigenvalue weighted by Gasteiger charge is 2.49. The molecule has 2 rings (SSSR count). The largest absolute Gasteiger partial charge is 0.480 e. The molecule has 1 saturated heterocycles. The lowest BCUT2D eigenvalue weighted by atomic mass is 10.0. The zero-order valence-corrected chi connectivity index (χ0v) is 12.4. The molecule has 1 fully saturated rings. The second-order valence-corrected chi connectivity index (χ2v) is 7.82. The van der Waals surface area contributed by atoms with Crippen molar-refractivity contribution in [3.63, 3.8) is 0 Å². The van der Waals surface area contributed by atoms with Gasteiger partial charge in [0.2, 0.25) is 10.0 Å². The summed E-state index contributed by atoms with van der Waals surface area (Å²) in [5, 5.41) is 11.8. The summed E-state index contributed by atoms with van der Waals surface area (Å²) in [7, 11) is -3.66. The van der Waals surface area contributed by atoms with E-state index in [0.717, 1.165) is 9.31 Å². The van der Waals surface area contributed by atoms with Crippen molar-refractivity contribution >= 4 is 27.3 Å². The highest BCUT2D eigenvalue weighted by Crippen LogP contribution is 2.33. The van der Waals surface area contributed by atoms with Gasteiger partial charge in [-0.1, -0.05) is 0 Å². The minimum atomic E-state index is -3.66. The number of carbonyl (C=O) groups is 1. The Morgan fingerprint density at radius 3 is 2.84 bits per heavy atom. The van der Waals surface area contributed by atoms with Gasteiger partial charge in [0.25, 0.3) is 0 Å². The summed E-state index contributed by atoms with van der Waals surface area (Å²) in [6, 6.07) is 0. The van der Waals surface area contributed by atoms with E-state index in [9.17, 15) is 18.3 Å². The fourth-order valence-electron chi connectivity index (χ4n) is 2.34. The molecule has 2 heterocycles. The third-order valence-electron chi connectivity index (χ3n) is 3.37. The zero-order chi connectivity index (χ0) is 14.3. The summed E-state index contributed by atoms with van der Waals surface area (Å²) in [4.78, 5) is 15.4. The first-order chi connectivity index (χ1) is 8.75. The first-order valence-corrected chi connectivity index (χ1v) is 8.39. The molecule has 0 spiro atoms. The number of hydrogen-bond acceptors (Lipinski definition) is 5. The van der Waals surface area contributed by atoms with Crippen molar-refractivity contribution in [3.8, 4) is 0 Å². The molecule has 0 radical (unpaired) electrons. The number of hydrogen-bond donors (Lipinski definition) is 1. The number of nitrogens with zero attached hydrogens (tertiary/aromatic N) is 2. The average Bonchev–Trinajstić information content (AvgIpc) is 2.86. The van der Waals surface area contributed by atoms with Crippen molar-refractivity contribution in [1.29, 1.82) is 0 Å². The van der Waals surface area contributed by atoms with Crippen molar-refractivity contribution in [2.45, 2.75) is 38.0 Å². The van der Waals surface area contributed by atoms with Crippen LogP contribution in [0.4, 0.5) is 0 Å². The van der Waals surface area contributed by atoms with E-state index in [2.05, 4.69) is 4.98 Å². The Labute approximate surface area is 116 Å². The SMILES string of the molecule is Cc1nc(CS(=O)(=O)N2CCCC2(C)C(=O)O)cs1. The van der Waals surface area contributed by atoms with Gasteiger partial charge in [0.15, 0.2) is 0 Å². The fourth-order valence-corrected chi connectivity index (χ4v) is 4.92. The van der Waals surface area contributed by atoms with E-state index in [1.165, 1.54) is 18.3 Å². The fraction of sp³-hybridized carbons (Fsp3) is 0.636. The van der Waals surface area contributed by atoms with E-state index in [1.807, 2.05) is 0 Å². The van der Waals surface area contributed by atoms with Gasteiger partial charge in [-0.15, -0.1) is 11.3 Å².